The van der Waals surface area contributed by atoms with Gasteiger partial charge in [-0.2, -0.15) is 26.3 Å². The van der Waals surface area contributed by atoms with E-state index < -0.39 is 71.8 Å². The minimum atomic E-state index is -4.95. The van der Waals surface area contributed by atoms with Crippen LogP contribution in [-0.2, 0) is 21.9 Å². The van der Waals surface area contributed by atoms with Gasteiger partial charge in [0.2, 0.25) is 0 Å². The summed E-state index contributed by atoms with van der Waals surface area (Å²) in [6.07, 6.45) is -7.85. The average molecular weight is 613 g/mol. The average Bonchev–Trinajstić information content (AvgIpc) is 2.90. The van der Waals surface area contributed by atoms with E-state index in [1.807, 2.05) is 0 Å². The minimum absolute atomic E-state index is 0.00154. The third kappa shape index (κ3) is 9.46. The van der Waals surface area contributed by atoms with Crippen molar-refractivity contribution in [2.75, 3.05) is 19.8 Å². The normalized spacial score (nSPS) is 15.9. The lowest BCUT2D eigenvalue weighted by Crippen LogP contribution is -2.54. The lowest BCUT2D eigenvalue weighted by atomic mass is 9.77. The van der Waals surface area contributed by atoms with E-state index >= 15 is 0 Å². The van der Waals surface area contributed by atoms with E-state index in [2.05, 4.69) is 10.6 Å². The quantitative estimate of drug-likeness (QED) is 0.306. The highest BCUT2D eigenvalue weighted by Crippen LogP contribution is 2.35. The summed E-state index contributed by atoms with van der Waals surface area (Å²) in [6.45, 7) is -1.67. The maximum absolute atomic E-state index is 13.5. The Kier molecular flexibility index (Phi) is 10.6. The van der Waals surface area contributed by atoms with Gasteiger partial charge in [0.25, 0.3) is 11.8 Å². The molecule has 0 saturated heterocycles. The molecule has 3 rings (SSSR count). The number of alkyl halides is 6. The number of hydrogen-bond acceptors (Lipinski definition) is 5. The predicted molar refractivity (Wildman–Crippen MR) is 131 cm³/mol. The molecule has 232 valence electrons. The molecule has 15 heteroatoms. The summed E-state index contributed by atoms with van der Waals surface area (Å²) in [5.41, 5.74) is -3.99. The van der Waals surface area contributed by atoms with Gasteiger partial charge in [-0.15, -0.1) is 0 Å². The van der Waals surface area contributed by atoms with Crippen LogP contribution < -0.4 is 20.1 Å². The maximum atomic E-state index is 13.5. The van der Waals surface area contributed by atoms with Gasteiger partial charge in [0, 0.05) is 12.1 Å². The van der Waals surface area contributed by atoms with Crippen LogP contribution in [0.1, 0.15) is 49.7 Å². The highest BCUT2D eigenvalue weighted by atomic mass is 19.4. The van der Waals surface area contributed by atoms with Crippen LogP contribution in [0.5, 0.6) is 11.5 Å². The molecule has 0 heterocycles. The largest absolute Gasteiger partial charge is 0.484 e. The molecule has 3 N–H and O–H groups in total. The summed E-state index contributed by atoms with van der Waals surface area (Å²) >= 11 is 0. The summed E-state index contributed by atoms with van der Waals surface area (Å²) in [7, 11) is 0. The number of hydrogen-bond donors (Lipinski definition) is 3. The summed E-state index contributed by atoms with van der Waals surface area (Å²) in [4.78, 5) is 24.7. The minimum Gasteiger partial charge on any atom is -0.484 e. The standard InChI is InChI=1S/C27H28F8N2O5/c28-21-6-4-17(10-19(21)26(30,31)32)41-14-23(39)36-13-16(38)12-25(8-2-1-3-9-25)37-24(40)15-42-18-5-7-22(29)20(11-18)27(33,34)35/h4-7,10-11,16,38H,1-3,8-9,12-15H2,(H,36,39)(H,37,40)/t16-/m0/s1. The molecule has 1 atom stereocenters. The Labute approximate surface area is 235 Å². The van der Waals surface area contributed by atoms with Crippen LogP contribution in [0.2, 0.25) is 0 Å². The summed E-state index contributed by atoms with van der Waals surface area (Å²) in [5, 5.41) is 15.7. The summed E-state index contributed by atoms with van der Waals surface area (Å²) in [6, 6.07) is 3.88. The van der Waals surface area contributed by atoms with Gasteiger partial charge >= 0.3 is 12.4 Å². The molecule has 7 nitrogen and oxygen atoms in total. The van der Waals surface area contributed by atoms with Crippen molar-refractivity contribution in [3.8, 4) is 11.5 Å². The zero-order valence-electron chi connectivity index (χ0n) is 22.0. The van der Waals surface area contributed by atoms with Crippen molar-refractivity contribution in [2.24, 2.45) is 0 Å². The molecule has 2 aromatic carbocycles. The van der Waals surface area contributed by atoms with Crippen molar-refractivity contribution >= 4 is 11.8 Å². The topological polar surface area (TPSA) is 96.9 Å². The monoisotopic (exact) mass is 612 g/mol. The van der Waals surface area contributed by atoms with E-state index in [-0.39, 0.29) is 24.5 Å². The fourth-order valence-electron chi connectivity index (χ4n) is 4.67. The number of amides is 2. The van der Waals surface area contributed by atoms with Crippen LogP contribution in [0.4, 0.5) is 35.1 Å². The molecule has 1 saturated carbocycles. The molecule has 0 unspecified atom stereocenters. The molecule has 42 heavy (non-hydrogen) atoms. The van der Waals surface area contributed by atoms with Crippen LogP contribution in [-0.4, -0.2) is 48.3 Å². The number of aliphatic hydroxyl groups excluding tert-OH is 1. The van der Waals surface area contributed by atoms with Gasteiger partial charge in [-0.3, -0.25) is 9.59 Å². The van der Waals surface area contributed by atoms with Crippen LogP contribution in [0.25, 0.3) is 0 Å². The van der Waals surface area contributed by atoms with Crippen molar-refractivity contribution in [3.05, 3.63) is 59.2 Å². The van der Waals surface area contributed by atoms with E-state index in [1.54, 1.807) is 0 Å². The van der Waals surface area contributed by atoms with Gasteiger partial charge < -0.3 is 25.2 Å². The first-order valence-electron chi connectivity index (χ1n) is 12.8. The van der Waals surface area contributed by atoms with Crippen molar-refractivity contribution in [3.63, 3.8) is 0 Å². The molecule has 2 aromatic rings. The van der Waals surface area contributed by atoms with Gasteiger partial charge in [0.15, 0.2) is 13.2 Å². The second-order valence-corrected chi connectivity index (χ2v) is 9.91. The molecule has 1 aliphatic rings. The number of ether oxygens (including phenoxy) is 2. The SMILES string of the molecule is O=C(COc1ccc(F)c(C(F)(F)F)c1)NC[C@@H](O)CC1(NC(=O)COc2ccc(F)c(C(F)(F)F)c2)CCCCC1. The van der Waals surface area contributed by atoms with Gasteiger partial charge in [-0.05, 0) is 55.7 Å². The Balaban J connectivity index is 1.51. The van der Waals surface area contributed by atoms with Crippen LogP contribution in [0, 0.1) is 11.6 Å². The summed E-state index contributed by atoms with van der Waals surface area (Å²) < 4.78 is 114. The molecular weight excluding hydrogens is 584 g/mol. The Morgan fingerprint density at radius 3 is 1.76 bits per heavy atom. The Morgan fingerprint density at radius 1 is 0.810 bits per heavy atom. The second-order valence-electron chi connectivity index (χ2n) is 9.91. The van der Waals surface area contributed by atoms with Gasteiger partial charge in [-0.1, -0.05) is 19.3 Å². The van der Waals surface area contributed by atoms with Crippen LogP contribution in [0.3, 0.4) is 0 Å². The molecule has 0 radical (unpaired) electrons. The lowest BCUT2D eigenvalue weighted by Gasteiger charge is -2.39. The molecule has 0 spiro atoms. The molecule has 0 aromatic heterocycles. The van der Waals surface area contributed by atoms with E-state index in [4.69, 9.17) is 9.47 Å². The van der Waals surface area contributed by atoms with Crippen LogP contribution in [0.15, 0.2) is 36.4 Å². The third-order valence-corrected chi connectivity index (χ3v) is 6.60. The molecule has 1 fully saturated rings. The predicted octanol–water partition coefficient (Wildman–Crippen LogP) is 5.15. The highest BCUT2D eigenvalue weighted by molar-refractivity contribution is 5.78. The van der Waals surface area contributed by atoms with Crippen molar-refractivity contribution in [1.29, 1.82) is 0 Å². The number of halogens is 8. The number of aliphatic hydroxyl groups is 1. The lowest BCUT2D eigenvalue weighted by molar-refractivity contribution is -0.141. The van der Waals surface area contributed by atoms with Crippen molar-refractivity contribution in [1.82, 2.24) is 10.6 Å². The Morgan fingerprint density at radius 2 is 1.29 bits per heavy atom. The fraction of sp³-hybridized carbons (Fsp3) is 0.481. The molecule has 1 aliphatic carbocycles. The number of benzene rings is 2. The molecule has 0 aliphatic heterocycles. The second kappa shape index (κ2) is 13.6. The third-order valence-electron chi connectivity index (χ3n) is 6.60. The molecule has 2 amide bonds. The maximum Gasteiger partial charge on any atom is 0.419 e. The van der Waals surface area contributed by atoms with Crippen molar-refractivity contribution in [2.45, 2.75) is 62.5 Å². The molecular formula is C27H28F8N2O5. The van der Waals surface area contributed by atoms with Crippen molar-refractivity contribution < 1.29 is 59.3 Å². The number of rotatable bonds is 11. The number of nitrogens with one attached hydrogen (secondary N) is 2. The zero-order valence-corrected chi connectivity index (χ0v) is 22.0. The molecule has 0 bridgehead atoms. The van der Waals surface area contributed by atoms with E-state index in [1.165, 1.54) is 0 Å². The van der Waals surface area contributed by atoms with Gasteiger partial charge in [-0.25, -0.2) is 8.78 Å². The highest BCUT2D eigenvalue weighted by Gasteiger charge is 2.37. The Hall–Kier alpha value is -3.62. The smallest absolute Gasteiger partial charge is 0.419 e. The number of carbonyl (C=O) groups is 2. The Bertz CT molecular complexity index is 1250. The zero-order chi connectivity index (χ0) is 31.1. The van der Waals surface area contributed by atoms with Gasteiger partial charge in [0.1, 0.15) is 23.1 Å². The van der Waals surface area contributed by atoms with E-state index in [0.29, 0.717) is 49.9 Å². The van der Waals surface area contributed by atoms with Crippen LogP contribution >= 0.6 is 0 Å². The fourth-order valence-corrected chi connectivity index (χ4v) is 4.67. The number of carbonyl (C=O) groups excluding carboxylic acids is 2. The first kappa shape index (κ1) is 32.9. The summed E-state index contributed by atoms with van der Waals surface area (Å²) in [5.74, 6) is -5.20. The van der Waals surface area contributed by atoms with E-state index in [9.17, 15) is 49.8 Å². The first-order valence-corrected chi connectivity index (χ1v) is 12.8. The van der Waals surface area contributed by atoms with E-state index in [0.717, 1.165) is 18.6 Å². The first-order chi connectivity index (χ1) is 19.6. The van der Waals surface area contributed by atoms with Gasteiger partial charge in [0.05, 0.1) is 17.2 Å².